The van der Waals surface area contributed by atoms with E-state index in [9.17, 15) is 13.2 Å². The number of aryl methyl sites for hydroxylation is 3. The molecule has 0 bridgehead atoms. The molecule has 196 valence electrons. The van der Waals surface area contributed by atoms with E-state index in [-0.39, 0.29) is 17.3 Å². The van der Waals surface area contributed by atoms with Gasteiger partial charge in [0, 0.05) is 13.1 Å². The van der Waals surface area contributed by atoms with Gasteiger partial charge in [-0.15, -0.1) is 0 Å². The Morgan fingerprint density at radius 3 is 2.11 bits per heavy atom. The van der Waals surface area contributed by atoms with E-state index < -0.39 is 10.0 Å². The van der Waals surface area contributed by atoms with Gasteiger partial charge in [0.1, 0.15) is 6.54 Å². The van der Waals surface area contributed by atoms with E-state index in [0.717, 1.165) is 41.9 Å². The fourth-order valence-electron chi connectivity index (χ4n) is 4.75. The van der Waals surface area contributed by atoms with Crippen LogP contribution in [0.4, 0.5) is 5.69 Å². The summed E-state index contributed by atoms with van der Waals surface area (Å²) in [6, 6.07) is 20.6. The first-order valence-corrected chi connectivity index (χ1v) is 14.4. The summed E-state index contributed by atoms with van der Waals surface area (Å²) in [7, 11) is -3.94. The summed E-state index contributed by atoms with van der Waals surface area (Å²) in [5, 5.41) is 2.91. The van der Waals surface area contributed by atoms with Crippen molar-refractivity contribution in [2.24, 2.45) is 0 Å². The van der Waals surface area contributed by atoms with Crippen molar-refractivity contribution in [2.45, 2.75) is 58.0 Å². The van der Waals surface area contributed by atoms with Gasteiger partial charge in [-0.05, 0) is 81.6 Å². The van der Waals surface area contributed by atoms with Crippen LogP contribution in [0.3, 0.4) is 0 Å². The number of nitrogens with one attached hydrogen (secondary N) is 1. The third-order valence-electron chi connectivity index (χ3n) is 6.88. The van der Waals surface area contributed by atoms with Gasteiger partial charge in [0.2, 0.25) is 5.91 Å². The monoisotopic (exact) mass is 519 g/mol. The molecule has 0 aliphatic carbocycles. The van der Waals surface area contributed by atoms with Crippen LogP contribution < -0.4 is 9.62 Å². The first kappa shape index (κ1) is 26.9. The smallest absolute Gasteiger partial charge is 0.264 e. The first-order valence-electron chi connectivity index (χ1n) is 13.0. The van der Waals surface area contributed by atoms with Crippen LogP contribution >= 0.6 is 0 Å². The molecule has 3 aromatic carbocycles. The summed E-state index contributed by atoms with van der Waals surface area (Å²) in [5.74, 6) is -0.354. The number of carbonyl (C=O) groups excluding carboxylic acids is 1. The van der Waals surface area contributed by atoms with E-state index >= 15 is 0 Å². The van der Waals surface area contributed by atoms with Gasteiger partial charge < -0.3 is 5.32 Å². The average molecular weight is 520 g/mol. The number of rotatable bonds is 9. The van der Waals surface area contributed by atoms with Gasteiger partial charge in [-0.25, -0.2) is 8.42 Å². The summed E-state index contributed by atoms with van der Waals surface area (Å²) in [5.41, 5.74) is 5.55. The molecule has 1 fully saturated rings. The lowest BCUT2D eigenvalue weighted by Gasteiger charge is -2.26. The minimum Gasteiger partial charge on any atom is -0.350 e. The molecular formula is C30H37N3O3S. The summed E-state index contributed by atoms with van der Waals surface area (Å²) >= 11 is 0. The van der Waals surface area contributed by atoms with E-state index in [0.29, 0.717) is 12.2 Å². The molecule has 1 aliphatic heterocycles. The molecule has 0 saturated carbocycles. The SMILES string of the molecule is Cc1ccc(S(=O)(=O)N(CC(=O)NCc2ccc(CN3CCCCC3)cc2)c2ccc(C)cc2C)cc1. The van der Waals surface area contributed by atoms with Gasteiger partial charge in [-0.1, -0.05) is 66.1 Å². The summed E-state index contributed by atoms with van der Waals surface area (Å²) in [4.78, 5) is 15.7. The Morgan fingerprint density at radius 1 is 0.838 bits per heavy atom. The second-order valence-electron chi connectivity index (χ2n) is 10.0. The Kier molecular flexibility index (Phi) is 8.67. The van der Waals surface area contributed by atoms with Crippen molar-refractivity contribution in [3.8, 4) is 0 Å². The van der Waals surface area contributed by atoms with Crippen LogP contribution in [0.25, 0.3) is 0 Å². The maximum absolute atomic E-state index is 13.6. The number of sulfonamides is 1. The van der Waals surface area contributed by atoms with Gasteiger partial charge in [0.15, 0.2) is 0 Å². The molecular weight excluding hydrogens is 482 g/mol. The molecule has 1 saturated heterocycles. The van der Waals surface area contributed by atoms with E-state index in [4.69, 9.17) is 0 Å². The number of likely N-dealkylation sites (tertiary alicyclic amines) is 1. The van der Waals surface area contributed by atoms with Gasteiger partial charge in [0.05, 0.1) is 10.6 Å². The lowest BCUT2D eigenvalue weighted by atomic mass is 10.1. The fraction of sp³-hybridized carbons (Fsp3) is 0.367. The number of hydrogen-bond acceptors (Lipinski definition) is 4. The highest BCUT2D eigenvalue weighted by Crippen LogP contribution is 2.27. The number of anilines is 1. The van der Waals surface area contributed by atoms with Crippen LogP contribution in [0.5, 0.6) is 0 Å². The van der Waals surface area contributed by atoms with Crippen LogP contribution in [0.15, 0.2) is 71.6 Å². The Labute approximate surface area is 221 Å². The number of carbonyl (C=O) groups is 1. The molecule has 1 heterocycles. The van der Waals surface area contributed by atoms with E-state index in [1.54, 1.807) is 30.3 Å². The van der Waals surface area contributed by atoms with Crippen molar-refractivity contribution in [1.29, 1.82) is 0 Å². The van der Waals surface area contributed by atoms with E-state index in [1.807, 2.05) is 45.0 Å². The van der Waals surface area contributed by atoms with Crippen molar-refractivity contribution in [1.82, 2.24) is 10.2 Å². The number of benzene rings is 3. The molecule has 7 heteroatoms. The largest absolute Gasteiger partial charge is 0.350 e. The zero-order chi connectivity index (χ0) is 26.4. The number of hydrogen-bond donors (Lipinski definition) is 1. The van der Waals surface area contributed by atoms with Crippen LogP contribution in [0.1, 0.15) is 47.1 Å². The second-order valence-corrected chi connectivity index (χ2v) is 11.9. The Hall–Kier alpha value is -3.16. The lowest BCUT2D eigenvalue weighted by molar-refractivity contribution is -0.119. The standard InChI is InChI=1S/C30H37N3O3S/c1-23-7-14-28(15-8-23)37(35,36)33(29-16-9-24(2)19-25(29)3)22-30(34)31-20-26-10-12-27(13-11-26)21-32-17-5-4-6-18-32/h7-16,19H,4-6,17-18,20-22H2,1-3H3,(H,31,34). The molecule has 3 aromatic rings. The number of piperidine rings is 1. The van der Waals surface area contributed by atoms with E-state index in [1.165, 1.54) is 29.1 Å². The molecule has 37 heavy (non-hydrogen) atoms. The molecule has 0 radical (unpaired) electrons. The molecule has 1 amide bonds. The fourth-order valence-corrected chi connectivity index (χ4v) is 6.23. The predicted octanol–water partition coefficient (Wildman–Crippen LogP) is 5.11. The molecule has 0 atom stereocenters. The number of nitrogens with zero attached hydrogens (tertiary/aromatic N) is 2. The zero-order valence-electron chi connectivity index (χ0n) is 22.0. The highest BCUT2D eigenvalue weighted by molar-refractivity contribution is 7.92. The summed E-state index contributed by atoms with van der Waals surface area (Å²) in [6.45, 7) is 9.03. The molecule has 6 nitrogen and oxygen atoms in total. The van der Waals surface area contributed by atoms with E-state index in [2.05, 4.69) is 22.3 Å². The topological polar surface area (TPSA) is 69.7 Å². The minimum atomic E-state index is -3.94. The quantitative estimate of drug-likeness (QED) is 0.427. The molecule has 1 aliphatic rings. The average Bonchev–Trinajstić information content (AvgIpc) is 2.88. The summed E-state index contributed by atoms with van der Waals surface area (Å²) < 4.78 is 28.5. The van der Waals surface area contributed by atoms with Crippen molar-refractivity contribution in [2.75, 3.05) is 23.9 Å². The van der Waals surface area contributed by atoms with Crippen molar-refractivity contribution in [3.63, 3.8) is 0 Å². The zero-order valence-corrected chi connectivity index (χ0v) is 22.9. The highest BCUT2D eigenvalue weighted by atomic mass is 32.2. The molecule has 0 unspecified atom stereocenters. The third-order valence-corrected chi connectivity index (χ3v) is 8.66. The number of amides is 1. The normalized spacial score (nSPS) is 14.4. The lowest BCUT2D eigenvalue weighted by Crippen LogP contribution is -2.41. The maximum Gasteiger partial charge on any atom is 0.264 e. The van der Waals surface area contributed by atoms with Gasteiger partial charge in [-0.3, -0.25) is 14.0 Å². The van der Waals surface area contributed by atoms with Crippen LogP contribution in [0.2, 0.25) is 0 Å². The van der Waals surface area contributed by atoms with Crippen molar-refractivity contribution in [3.05, 3.63) is 94.5 Å². The highest BCUT2D eigenvalue weighted by Gasteiger charge is 2.28. The third kappa shape index (κ3) is 6.99. The Balaban J connectivity index is 1.46. The van der Waals surface area contributed by atoms with Gasteiger partial charge >= 0.3 is 0 Å². The Morgan fingerprint density at radius 2 is 1.46 bits per heavy atom. The van der Waals surface area contributed by atoms with Crippen molar-refractivity contribution < 1.29 is 13.2 Å². The molecule has 4 rings (SSSR count). The predicted molar refractivity (Wildman–Crippen MR) is 149 cm³/mol. The van der Waals surface area contributed by atoms with Gasteiger partial charge in [0.25, 0.3) is 10.0 Å². The summed E-state index contributed by atoms with van der Waals surface area (Å²) in [6.07, 6.45) is 3.86. The minimum absolute atomic E-state index is 0.162. The molecule has 0 aromatic heterocycles. The van der Waals surface area contributed by atoms with Gasteiger partial charge in [-0.2, -0.15) is 0 Å². The maximum atomic E-state index is 13.6. The second kappa shape index (κ2) is 11.9. The van der Waals surface area contributed by atoms with Crippen LogP contribution in [-0.4, -0.2) is 38.9 Å². The van der Waals surface area contributed by atoms with Crippen LogP contribution in [-0.2, 0) is 27.9 Å². The Bertz CT molecular complexity index is 1310. The first-order chi connectivity index (χ1) is 17.7. The molecule has 0 spiro atoms. The van der Waals surface area contributed by atoms with Crippen LogP contribution in [0, 0.1) is 20.8 Å². The molecule has 1 N–H and O–H groups in total. The van der Waals surface area contributed by atoms with Crippen molar-refractivity contribution >= 4 is 21.6 Å².